The highest BCUT2D eigenvalue weighted by molar-refractivity contribution is 5.92. The van der Waals surface area contributed by atoms with Gasteiger partial charge in [-0.2, -0.15) is 10.2 Å². The number of fused-ring (bicyclic) bond motifs is 2. The Labute approximate surface area is 414 Å². The van der Waals surface area contributed by atoms with E-state index in [4.69, 9.17) is 20.8 Å². The van der Waals surface area contributed by atoms with Crippen molar-refractivity contribution >= 4 is 45.3 Å². The third-order valence-corrected chi connectivity index (χ3v) is 11.2. The second-order valence-corrected chi connectivity index (χ2v) is 16.6. The molecule has 0 radical (unpaired) electrons. The van der Waals surface area contributed by atoms with E-state index in [0.717, 1.165) is 84.4 Å². The molecular formula is C52H44N18O3. The number of aromatic amines is 4. The number of hydrogen-bond donors (Lipinski definition) is 7. The summed E-state index contributed by atoms with van der Waals surface area (Å²) >= 11 is 0. The number of carbonyl (C=O) groups excluding carboxylic acids is 1. The summed E-state index contributed by atoms with van der Waals surface area (Å²) in [6.07, 6.45) is 17.8. The first-order chi connectivity index (χ1) is 35.6. The van der Waals surface area contributed by atoms with E-state index in [1.165, 1.54) is 0 Å². The lowest BCUT2D eigenvalue weighted by Crippen LogP contribution is -2.14. The zero-order chi connectivity index (χ0) is 50.3. The number of hydrogen-bond acceptors (Lipinski definition) is 13. The maximum Gasteiger partial charge on any atom is 0.309 e. The molecule has 0 aliphatic rings. The van der Waals surface area contributed by atoms with Crippen molar-refractivity contribution in [3.8, 4) is 56.9 Å². The number of aromatic nitrogens is 16. The van der Waals surface area contributed by atoms with Crippen LogP contribution in [-0.2, 0) is 22.4 Å². The van der Waals surface area contributed by atoms with Gasteiger partial charge in [-0.05, 0) is 111 Å². The third-order valence-electron chi connectivity index (χ3n) is 11.2. The normalized spacial score (nSPS) is 10.9. The first-order valence-corrected chi connectivity index (χ1v) is 22.7. The number of nitrogens with zero attached hydrogens (tertiary/aromatic N) is 12. The van der Waals surface area contributed by atoms with E-state index in [0.29, 0.717) is 28.7 Å². The van der Waals surface area contributed by atoms with Gasteiger partial charge < -0.3 is 26.1 Å². The van der Waals surface area contributed by atoms with Crippen LogP contribution in [0.1, 0.15) is 22.8 Å². The first-order valence-electron chi connectivity index (χ1n) is 22.7. The van der Waals surface area contributed by atoms with Crippen molar-refractivity contribution in [3.63, 3.8) is 0 Å². The van der Waals surface area contributed by atoms with E-state index in [9.17, 15) is 9.59 Å². The lowest BCUT2D eigenvalue weighted by Gasteiger charge is -2.05. The summed E-state index contributed by atoms with van der Waals surface area (Å²) in [7, 11) is 0. The number of nitrogens with two attached hydrogens (primary N) is 1. The van der Waals surface area contributed by atoms with Crippen LogP contribution in [0.3, 0.4) is 0 Å². The topological polar surface area (TPSA) is 294 Å². The molecule has 0 saturated carbocycles. The van der Waals surface area contributed by atoms with E-state index in [1.807, 2.05) is 120 Å². The molecule has 360 valence electrons. The van der Waals surface area contributed by atoms with Gasteiger partial charge in [-0.3, -0.25) is 38.9 Å². The molecule has 21 heteroatoms. The van der Waals surface area contributed by atoms with Crippen LogP contribution in [0.25, 0.3) is 79.0 Å². The number of H-pyrrole nitrogens is 4. The summed E-state index contributed by atoms with van der Waals surface area (Å²) in [4.78, 5) is 64.7. The van der Waals surface area contributed by atoms with Gasteiger partial charge in [0.25, 0.3) is 0 Å². The smallest absolute Gasteiger partial charge is 0.309 e. The molecule has 0 aliphatic carbocycles. The molecule has 8 N–H and O–H groups in total. The first kappa shape index (κ1) is 46.3. The van der Waals surface area contributed by atoms with Crippen LogP contribution in [-0.4, -0.2) is 96.4 Å². The average Bonchev–Trinajstić information content (AvgIpc) is 4.28. The summed E-state index contributed by atoms with van der Waals surface area (Å²) in [5, 5.41) is 25.4. The molecule has 12 rings (SSSR count). The monoisotopic (exact) mass is 968 g/mol. The van der Waals surface area contributed by atoms with E-state index >= 15 is 0 Å². The third kappa shape index (κ3) is 10.9. The Hall–Kier alpha value is -10.4. The Kier molecular flexibility index (Phi) is 13.1. The van der Waals surface area contributed by atoms with Gasteiger partial charge in [-0.25, -0.2) is 29.9 Å². The number of carboxylic acid groups (broad SMARTS) is 1. The number of aliphatic carboxylic acids is 1. The van der Waals surface area contributed by atoms with Crippen LogP contribution >= 0.6 is 0 Å². The summed E-state index contributed by atoms with van der Waals surface area (Å²) < 4.78 is 3.74. The van der Waals surface area contributed by atoms with Crippen LogP contribution in [0.2, 0.25) is 0 Å². The maximum absolute atomic E-state index is 12.6. The minimum Gasteiger partial charge on any atom is -0.481 e. The fourth-order valence-electron chi connectivity index (χ4n) is 7.69. The van der Waals surface area contributed by atoms with Crippen molar-refractivity contribution in [2.45, 2.75) is 26.7 Å². The minimum absolute atomic E-state index is 0.0484. The van der Waals surface area contributed by atoms with Crippen molar-refractivity contribution < 1.29 is 14.7 Å². The molecule has 0 atom stereocenters. The largest absolute Gasteiger partial charge is 0.481 e. The molecular weight excluding hydrogens is 925 g/mol. The highest BCUT2D eigenvalue weighted by Gasteiger charge is 2.15. The van der Waals surface area contributed by atoms with Crippen LogP contribution < -0.4 is 11.1 Å². The van der Waals surface area contributed by atoms with Gasteiger partial charge in [-0.1, -0.05) is 0 Å². The highest BCUT2D eigenvalue weighted by Crippen LogP contribution is 2.27. The number of pyridine rings is 4. The van der Waals surface area contributed by atoms with Crippen molar-refractivity contribution in [3.05, 3.63) is 182 Å². The number of anilines is 2. The molecule has 10 aromatic heterocycles. The Morgan fingerprint density at radius 1 is 0.603 bits per heavy atom. The number of aryl methyl sites for hydroxylation is 2. The van der Waals surface area contributed by atoms with Crippen LogP contribution in [0.5, 0.6) is 0 Å². The van der Waals surface area contributed by atoms with E-state index in [1.54, 1.807) is 62.0 Å². The van der Waals surface area contributed by atoms with E-state index in [2.05, 4.69) is 65.6 Å². The average molecular weight is 969 g/mol. The zero-order valence-corrected chi connectivity index (χ0v) is 39.1. The summed E-state index contributed by atoms with van der Waals surface area (Å²) in [5.41, 5.74) is 18.8. The standard InChI is InChI=1S/C26H21N9O.C16H14N6.C10H9N3O2/c1-16-14-35(15-29-16)26-24-21(8-10-28-26)31-25(32-24)17-4-6-19(7-5-17)30-23(36)12-20-11-22(34-33-20)18-3-2-9-27-13-18;1-10-8-22(9-19-10)16-14-13(6-7-18-16)20-15(21-14)11-2-4-12(17)5-3-11;14-10(15)5-8-4-9(13-12-8)7-2-1-3-11-6-7/h2-11,13-15H,12H2,1H3,(H,30,36)(H,31,32)(H,33,34);2-9H,17H2,1H3,(H,20,21);1-4,6H,5H2,(H,12,13)(H,14,15). The summed E-state index contributed by atoms with van der Waals surface area (Å²) in [6.45, 7) is 3.88. The highest BCUT2D eigenvalue weighted by atomic mass is 16.4. The number of nitrogen functional groups attached to an aromatic ring is 1. The molecule has 0 spiro atoms. The van der Waals surface area contributed by atoms with Gasteiger partial charge in [0.2, 0.25) is 5.91 Å². The molecule has 12 aromatic rings. The van der Waals surface area contributed by atoms with Crippen molar-refractivity contribution in [1.82, 2.24) is 79.4 Å². The maximum atomic E-state index is 12.6. The van der Waals surface area contributed by atoms with Crippen LogP contribution in [0.15, 0.2) is 159 Å². The molecule has 2 aromatic carbocycles. The zero-order valence-electron chi connectivity index (χ0n) is 39.1. The Morgan fingerprint density at radius 2 is 1.10 bits per heavy atom. The Balaban J connectivity index is 0.000000140. The predicted octanol–water partition coefficient (Wildman–Crippen LogP) is 7.89. The van der Waals surface area contributed by atoms with Gasteiger partial charge in [-0.15, -0.1) is 0 Å². The number of nitrogens with one attached hydrogen (secondary N) is 5. The van der Waals surface area contributed by atoms with Crippen molar-refractivity contribution in [2.75, 3.05) is 11.1 Å². The minimum atomic E-state index is -0.878. The van der Waals surface area contributed by atoms with Crippen LogP contribution in [0, 0.1) is 13.8 Å². The SMILES string of the molecule is Cc1cn(-c2nccc3[nH]c(-c4ccc(N)cc4)nc23)cn1.Cc1cn(-c2nccc3[nH]c(-c4ccc(NC(=O)Cc5cc(-c6cccnc6)n[nH]5)cc4)nc23)cn1.O=C(O)Cc1cc(-c2cccnc2)n[nH]1. The van der Waals surface area contributed by atoms with Gasteiger partial charge in [0.15, 0.2) is 11.6 Å². The lowest BCUT2D eigenvalue weighted by atomic mass is 10.1. The molecule has 0 unspecified atom stereocenters. The van der Waals surface area contributed by atoms with Crippen molar-refractivity contribution in [1.29, 1.82) is 0 Å². The molecule has 73 heavy (non-hydrogen) atoms. The lowest BCUT2D eigenvalue weighted by molar-refractivity contribution is -0.136. The number of rotatable bonds is 11. The van der Waals surface area contributed by atoms with E-state index < -0.39 is 5.97 Å². The molecule has 0 aliphatic heterocycles. The predicted molar refractivity (Wildman–Crippen MR) is 274 cm³/mol. The fraction of sp³-hybridized carbons (Fsp3) is 0.0769. The molecule has 0 bridgehead atoms. The second kappa shape index (κ2) is 20.7. The van der Waals surface area contributed by atoms with Gasteiger partial charge in [0.05, 0.1) is 46.7 Å². The molecule has 10 heterocycles. The van der Waals surface area contributed by atoms with Crippen molar-refractivity contribution in [2.24, 2.45) is 0 Å². The van der Waals surface area contributed by atoms with Crippen LogP contribution in [0.4, 0.5) is 11.4 Å². The molecule has 1 amide bonds. The molecule has 0 fully saturated rings. The molecule has 21 nitrogen and oxygen atoms in total. The van der Waals surface area contributed by atoms with E-state index in [-0.39, 0.29) is 18.7 Å². The van der Waals surface area contributed by atoms with Gasteiger partial charge in [0, 0.05) is 94.6 Å². The van der Waals surface area contributed by atoms with Gasteiger partial charge >= 0.3 is 5.97 Å². The summed E-state index contributed by atoms with van der Waals surface area (Å²) in [5.74, 6) is 1.96. The number of carbonyl (C=O) groups is 2. The Bertz CT molecular complexity index is 3820. The summed E-state index contributed by atoms with van der Waals surface area (Å²) in [6, 6.07) is 30.0. The number of carboxylic acids is 1. The number of imidazole rings is 4. The second-order valence-electron chi connectivity index (χ2n) is 16.6. The number of amides is 1. The number of benzene rings is 2. The van der Waals surface area contributed by atoms with Gasteiger partial charge in [0.1, 0.15) is 35.3 Å². The Morgan fingerprint density at radius 3 is 1.55 bits per heavy atom. The quantitative estimate of drug-likeness (QED) is 0.0607. The fourth-order valence-corrected chi connectivity index (χ4v) is 7.69. The molecule has 0 saturated heterocycles.